The fourth-order valence-electron chi connectivity index (χ4n) is 8.48. The normalized spacial score (nSPS) is 23.6. The van der Waals surface area contributed by atoms with Crippen LogP contribution in [0.2, 0.25) is 0 Å². The SMILES string of the molecule is Cn1cc(Nc2nc(N3CCC[C@H](N4CC5(CN(CC6CCN(c7ccc(CC8CCC(=O)NC8=O)nc7)CC6)C5)OC4=O)C3)cnc2C(N)=O)cn1. The molecule has 17 nitrogen and oxygen atoms in total. The largest absolute Gasteiger partial charge is 0.438 e. The van der Waals surface area contributed by atoms with Gasteiger partial charge >= 0.3 is 6.09 Å². The standard InChI is InChI=1S/C36H46N12O5/c1-44-18-26(14-40-44)41-33-31(32(37)50)39-16-29(42-33)47-10-2-3-28(19-47)48-22-36(53-35(48)52)20-45(21-36)17-23-8-11-46(12-9-23)27-6-5-25(38-15-27)13-24-4-7-30(49)43-34(24)51/h5-6,14-16,18,23-24,28H,2-4,7-13,17,19-22H2,1H3,(H2,37,50)(H,41,42)(H,43,49,51)/t24?,28-/m0/s1. The molecule has 5 saturated heterocycles. The molecule has 0 aromatic carbocycles. The summed E-state index contributed by atoms with van der Waals surface area (Å²) >= 11 is 0. The van der Waals surface area contributed by atoms with E-state index in [-0.39, 0.29) is 41.4 Å². The highest BCUT2D eigenvalue weighted by Crippen LogP contribution is 2.37. The van der Waals surface area contributed by atoms with Crippen molar-refractivity contribution in [2.45, 2.75) is 56.6 Å². The number of nitrogens with zero attached hydrogens (tertiary/aromatic N) is 9. The van der Waals surface area contributed by atoms with Crippen molar-refractivity contribution in [2.75, 3.05) is 67.5 Å². The number of nitrogens with one attached hydrogen (secondary N) is 2. The Hall–Kier alpha value is -5.32. The number of primary amides is 1. The van der Waals surface area contributed by atoms with Gasteiger partial charge in [-0.1, -0.05) is 0 Å². The van der Waals surface area contributed by atoms with Crippen LogP contribution in [0.1, 0.15) is 54.7 Å². The summed E-state index contributed by atoms with van der Waals surface area (Å²) in [5, 5.41) is 9.70. The van der Waals surface area contributed by atoms with Crippen LogP contribution in [0.5, 0.6) is 0 Å². The van der Waals surface area contributed by atoms with E-state index in [1.807, 2.05) is 17.2 Å². The molecule has 0 aliphatic carbocycles. The number of imide groups is 1. The van der Waals surface area contributed by atoms with Crippen molar-refractivity contribution in [1.82, 2.24) is 39.8 Å². The van der Waals surface area contributed by atoms with E-state index in [9.17, 15) is 19.2 Å². The van der Waals surface area contributed by atoms with Gasteiger partial charge in [0.05, 0.1) is 42.6 Å². The van der Waals surface area contributed by atoms with Gasteiger partial charge in [0.15, 0.2) is 17.1 Å². The molecule has 5 aliphatic rings. The molecule has 5 fully saturated rings. The third-order valence-electron chi connectivity index (χ3n) is 11.3. The molecule has 3 aromatic heterocycles. The summed E-state index contributed by atoms with van der Waals surface area (Å²) in [6.45, 7) is 6.30. The number of likely N-dealkylation sites (tertiary alicyclic amines) is 1. The molecule has 0 saturated carbocycles. The van der Waals surface area contributed by atoms with Crippen molar-refractivity contribution in [3.05, 3.63) is 48.3 Å². The number of aryl methyl sites for hydroxylation is 1. The van der Waals surface area contributed by atoms with E-state index < -0.39 is 11.5 Å². The highest BCUT2D eigenvalue weighted by atomic mass is 16.6. The Kier molecular flexibility index (Phi) is 9.34. The molecule has 53 heavy (non-hydrogen) atoms. The van der Waals surface area contributed by atoms with E-state index >= 15 is 0 Å². The molecular weight excluding hydrogens is 680 g/mol. The second-order valence-electron chi connectivity index (χ2n) is 15.2. The molecule has 8 heterocycles. The van der Waals surface area contributed by atoms with Gasteiger partial charge in [0.2, 0.25) is 11.8 Å². The number of hydrogen-bond donors (Lipinski definition) is 3. The fraction of sp³-hybridized carbons (Fsp3) is 0.556. The second-order valence-corrected chi connectivity index (χ2v) is 15.2. The molecule has 4 amide bonds. The molecular formula is C36H46N12O5. The van der Waals surface area contributed by atoms with Gasteiger partial charge in [0.25, 0.3) is 5.91 Å². The lowest BCUT2D eigenvalue weighted by Crippen LogP contribution is -2.65. The third kappa shape index (κ3) is 7.47. The van der Waals surface area contributed by atoms with Crippen LogP contribution in [-0.2, 0) is 27.8 Å². The Morgan fingerprint density at radius 1 is 1.02 bits per heavy atom. The number of carbonyl (C=O) groups excluding carboxylic acids is 4. The molecule has 3 aromatic rings. The molecule has 0 radical (unpaired) electrons. The van der Waals surface area contributed by atoms with E-state index in [1.54, 1.807) is 30.3 Å². The average Bonchev–Trinajstić information content (AvgIpc) is 3.71. The molecule has 0 bridgehead atoms. The number of ether oxygens (including phenoxy) is 1. The maximum Gasteiger partial charge on any atom is 0.410 e. The number of hydrogen-bond acceptors (Lipinski definition) is 13. The minimum absolute atomic E-state index is 0.0256. The Bertz CT molecular complexity index is 1870. The second kappa shape index (κ2) is 14.2. The summed E-state index contributed by atoms with van der Waals surface area (Å²) < 4.78 is 7.70. The summed E-state index contributed by atoms with van der Waals surface area (Å²) in [5.74, 6) is 0.159. The van der Waals surface area contributed by atoms with Gasteiger partial charge in [-0.15, -0.1) is 0 Å². The van der Waals surface area contributed by atoms with Crippen LogP contribution in [0.3, 0.4) is 0 Å². The van der Waals surface area contributed by atoms with Gasteiger partial charge < -0.3 is 25.6 Å². The number of anilines is 4. The Labute approximate surface area is 307 Å². The maximum atomic E-state index is 13.2. The first-order chi connectivity index (χ1) is 25.6. The van der Waals surface area contributed by atoms with Gasteiger partial charge in [-0.25, -0.2) is 14.8 Å². The minimum atomic E-state index is -0.679. The number of nitrogens with two attached hydrogens (primary N) is 1. The predicted molar refractivity (Wildman–Crippen MR) is 193 cm³/mol. The summed E-state index contributed by atoms with van der Waals surface area (Å²) in [6, 6.07) is 4.06. The van der Waals surface area contributed by atoms with Crippen LogP contribution in [0.4, 0.5) is 27.8 Å². The zero-order valence-electron chi connectivity index (χ0n) is 29.9. The third-order valence-corrected chi connectivity index (χ3v) is 11.3. The quantitative estimate of drug-likeness (QED) is 0.254. The summed E-state index contributed by atoms with van der Waals surface area (Å²) in [5.41, 5.74) is 7.79. The zero-order chi connectivity index (χ0) is 36.7. The van der Waals surface area contributed by atoms with Crippen LogP contribution in [-0.4, -0.2) is 122 Å². The topological polar surface area (TPSA) is 197 Å². The number of piperidine rings is 3. The average molecular weight is 727 g/mol. The molecule has 1 spiro atoms. The number of amides is 4. The van der Waals surface area contributed by atoms with Crippen LogP contribution >= 0.6 is 0 Å². The van der Waals surface area contributed by atoms with Crippen LogP contribution < -0.4 is 26.2 Å². The van der Waals surface area contributed by atoms with Crippen LogP contribution in [0.15, 0.2) is 36.9 Å². The Balaban J connectivity index is 0.806. The lowest BCUT2D eigenvalue weighted by Gasteiger charge is -2.48. The molecule has 1 unspecified atom stereocenters. The molecule has 17 heteroatoms. The first-order valence-electron chi connectivity index (χ1n) is 18.5. The van der Waals surface area contributed by atoms with Gasteiger partial charge in [-0.05, 0) is 50.2 Å². The number of carbonyl (C=O) groups is 4. The summed E-state index contributed by atoms with van der Waals surface area (Å²) in [4.78, 5) is 71.4. The van der Waals surface area contributed by atoms with E-state index in [2.05, 4.69) is 46.5 Å². The summed E-state index contributed by atoms with van der Waals surface area (Å²) in [6.07, 6.45) is 12.0. The highest BCUT2D eigenvalue weighted by molar-refractivity contribution is 5.98. The molecule has 8 rings (SSSR count). The molecule has 5 aliphatic heterocycles. The van der Waals surface area contributed by atoms with Gasteiger partial charge in [0, 0.05) is 83.5 Å². The van der Waals surface area contributed by atoms with Crippen molar-refractivity contribution in [1.29, 1.82) is 0 Å². The smallest absolute Gasteiger partial charge is 0.410 e. The van der Waals surface area contributed by atoms with Gasteiger partial charge in [-0.3, -0.25) is 39.2 Å². The van der Waals surface area contributed by atoms with E-state index in [1.165, 1.54) is 0 Å². The number of rotatable bonds is 10. The van der Waals surface area contributed by atoms with Gasteiger partial charge in [-0.2, -0.15) is 5.10 Å². The minimum Gasteiger partial charge on any atom is -0.438 e. The Morgan fingerprint density at radius 2 is 1.85 bits per heavy atom. The highest BCUT2D eigenvalue weighted by Gasteiger charge is 2.55. The van der Waals surface area contributed by atoms with Crippen LogP contribution in [0, 0.1) is 11.8 Å². The maximum absolute atomic E-state index is 13.2. The lowest BCUT2D eigenvalue weighted by atomic mass is 9.89. The number of pyridine rings is 1. The van der Waals surface area contributed by atoms with Crippen molar-refractivity contribution >= 4 is 46.8 Å². The molecule has 280 valence electrons. The first kappa shape index (κ1) is 34.7. The van der Waals surface area contributed by atoms with Crippen molar-refractivity contribution < 1.29 is 23.9 Å². The summed E-state index contributed by atoms with van der Waals surface area (Å²) in [7, 11) is 1.80. The molecule has 4 N–H and O–H groups in total. The molecule has 2 atom stereocenters. The van der Waals surface area contributed by atoms with Crippen LogP contribution in [0.25, 0.3) is 0 Å². The number of aromatic nitrogens is 5. The van der Waals surface area contributed by atoms with E-state index in [4.69, 9.17) is 15.5 Å². The van der Waals surface area contributed by atoms with Crippen molar-refractivity contribution in [3.63, 3.8) is 0 Å². The monoisotopic (exact) mass is 726 g/mol. The Morgan fingerprint density at radius 3 is 2.57 bits per heavy atom. The van der Waals surface area contributed by atoms with Crippen molar-refractivity contribution in [3.8, 4) is 0 Å². The predicted octanol–water partition coefficient (Wildman–Crippen LogP) is 1.43. The first-order valence-corrected chi connectivity index (χ1v) is 18.5. The van der Waals surface area contributed by atoms with Crippen molar-refractivity contribution in [2.24, 2.45) is 24.6 Å². The van der Waals surface area contributed by atoms with E-state index in [0.29, 0.717) is 49.8 Å². The zero-order valence-corrected chi connectivity index (χ0v) is 29.9. The van der Waals surface area contributed by atoms with Gasteiger partial charge in [0.1, 0.15) is 5.82 Å². The fourth-order valence-corrected chi connectivity index (χ4v) is 8.48. The lowest BCUT2D eigenvalue weighted by molar-refractivity contribution is -0.136. The van der Waals surface area contributed by atoms with E-state index in [0.717, 1.165) is 76.3 Å².